The molecule has 1 atom stereocenters. The second kappa shape index (κ2) is 3.08. The van der Waals surface area contributed by atoms with Crippen LogP contribution in [0.1, 0.15) is 6.42 Å². The van der Waals surface area contributed by atoms with Crippen molar-refractivity contribution < 1.29 is 13.5 Å². The van der Waals surface area contributed by atoms with Gasteiger partial charge < -0.3 is 10.5 Å². The Morgan fingerprint density at radius 3 is 2.79 bits per heavy atom. The summed E-state index contributed by atoms with van der Waals surface area (Å²) >= 11 is 0. The number of pyridine rings is 1. The Labute approximate surface area is 79.9 Å². The molecule has 0 amide bonds. The highest BCUT2D eigenvalue weighted by atomic mass is 19.3. The predicted molar refractivity (Wildman–Crippen MR) is 47.2 cm³/mol. The molecule has 0 bridgehead atoms. The number of hydrogen-bond acceptors (Lipinski definition) is 3. The molecule has 1 fully saturated rings. The summed E-state index contributed by atoms with van der Waals surface area (Å²) in [4.78, 5) is 3.83. The number of ether oxygens (including phenoxy) is 1. The first-order chi connectivity index (χ1) is 6.58. The van der Waals surface area contributed by atoms with Gasteiger partial charge in [0.25, 0.3) is 5.92 Å². The molecule has 1 saturated carbocycles. The molecule has 0 unspecified atom stereocenters. The monoisotopic (exact) mass is 200 g/mol. The lowest BCUT2D eigenvalue weighted by molar-refractivity contribution is 0.0850. The number of nitrogens with two attached hydrogens (primary N) is 1. The van der Waals surface area contributed by atoms with E-state index in [2.05, 4.69) is 4.98 Å². The first kappa shape index (κ1) is 9.18. The fourth-order valence-corrected chi connectivity index (χ4v) is 1.11. The van der Waals surface area contributed by atoms with Gasteiger partial charge in [-0.2, -0.15) is 0 Å². The number of aromatic nitrogens is 1. The standard InChI is InChI=1S/C9H10F2N2O/c10-9(11)3-6(9)5-14-8-2-1-7(12)4-13-8/h1-2,4,6H,3,5,12H2/t6-/m0/s1. The van der Waals surface area contributed by atoms with Gasteiger partial charge in [-0.3, -0.25) is 0 Å². The molecule has 0 spiro atoms. The van der Waals surface area contributed by atoms with Crippen LogP contribution in [0.3, 0.4) is 0 Å². The summed E-state index contributed by atoms with van der Waals surface area (Å²) in [6, 6.07) is 3.18. The highest BCUT2D eigenvalue weighted by Crippen LogP contribution is 2.48. The molecule has 1 heterocycles. The minimum absolute atomic E-state index is 0.0178. The van der Waals surface area contributed by atoms with Gasteiger partial charge in [0, 0.05) is 12.5 Å². The third kappa shape index (κ3) is 1.92. The predicted octanol–water partition coefficient (Wildman–Crippen LogP) is 1.70. The van der Waals surface area contributed by atoms with Gasteiger partial charge in [-0.15, -0.1) is 0 Å². The number of rotatable bonds is 3. The first-order valence-corrected chi connectivity index (χ1v) is 4.30. The molecule has 2 rings (SSSR count). The molecule has 1 aliphatic carbocycles. The van der Waals surface area contributed by atoms with Gasteiger partial charge in [-0.05, 0) is 6.07 Å². The number of alkyl halides is 2. The van der Waals surface area contributed by atoms with E-state index >= 15 is 0 Å². The number of nitrogen functional groups attached to an aromatic ring is 1. The molecule has 76 valence electrons. The van der Waals surface area contributed by atoms with Gasteiger partial charge in [-0.1, -0.05) is 0 Å². The quantitative estimate of drug-likeness (QED) is 0.807. The molecule has 14 heavy (non-hydrogen) atoms. The molecule has 1 aliphatic rings. The molecular formula is C9H10F2N2O. The Bertz CT molecular complexity index is 326. The molecule has 0 radical (unpaired) electrons. The van der Waals surface area contributed by atoms with Crippen molar-refractivity contribution in [1.82, 2.24) is 4.98 Å². The summed E-state index contributed by atoms with van der Waals surface area (Å²) < 4.78 is 30.0. The summed E-state index contributed by atoms with van der Waals surface area (Å²) in [6.45, 7) is 0.0178. The maximum absolute atomic E-state index is 12.4. The van der Waals surface area contributed by atoms with Crippen LogP contribution in [0.15, 0.2) is 18.3 Å². The van der Waals surface area contributed by atoms with E-state index in [-0.39, 0.29) is 13.0 Å². The van der Waals surface area contributed by atoms with E-state index in [0.717, 1.165) is 0 Å². The lowest BCUT2D eigenvalue weighted by Crippen LogP contribution is -2.06. The summed E-state index contributed by atoms with van der Waals surface area (Å²) in [6.07, 6.45) is 1.35. The van der Waals surface area contributed by atoms with Crippen molar-refractivity contribution >= 4 is 5.69 Å². The van der Waals surface area contributed by atoms with E-state index < -0.39 is 11.8 Å². The van der Waals surface area contributed by atoms with Crippen LogP contribution in [0.4, 0.5) is 14.5 Å². The molecule has 3 nitrogen and oxygen atoms in total. The molecule has 1 aromatic heterocycles. The van der Waals surface area contributed by atoms with Crippen LogP contribution < -0.4 is 10.5 Å². The molecule has 1 aromatic rings. The van der Waals surface area contributed by atoms with Crippen LogP contribution >= 0.6 is 0 Å². The van der Waals surface area contributed by atoms with Gasteiger partial charge in [0.15, 0.2) is 0 Å². The van der Waals surface area contributed by atoms with Crippen molar-refractivity contribution in [3.63, 3.8) is 0 Å². The van der Waals surface area contributed by atoms with Gasteiger partial charge in [0.05, 0.1) is 24.4 Å². The maximum atomic E-state index is 12.4. The zero-order valence-corrected chi connectivity index (χ0v) is 7.41. The Balaban J connectivity index is 1.84. The van der Waals surface area contributed by atoms with E-state index in [1.165, 1.54) is 6.20 Å². The average molecular weight is 200 g/mol. The lowest BCUT2D eigenvalue weighted by Gasteiger charge is -2.03. The van der Waals surface area contributed by atoms with Crippen LogP contribution in [0.2, 0.25) is 0 Å². The summed E-state index contributed by atoms with van der Waals surface area (Å²) in [5, 5.41) is 0. The second-order valence-corrected chi connectivity index (χ2v) is 3.40. The molecule has 5 heteroatoms. The van der Waals surface area contributed by atoms with Crippen LogP contribution in [0, 0.1) is 5.92 Å². The van der Waals surface area contributed by atoms with E-state index in [1.54, 1.807) is 12.1 Å². The molecular weight excluding hydrogens is 190 g/mol. The minimum Gasteiger partial charge on any atom is -0.477 e. The van der Waals surface area contributed by atoms with Crippen LogP contribution in [0.25, 0.3) is 0 Å². The largest absolute Gasteiger partial charge is 0.477 e. The third-order valence-electron chi connectivity index (χ3n) is 2.15. The van der Waals surface area contributed by atoms with Crippen molar-refractivity contribution in [3.05, 3.63) is 18.3 Å². The fraction of sp³-hybridized carbons (Fsp3) is 0.444. The van der Waals surface area contributed by atoms with Crippen LogP contribution in [-0.2, 0) is 0 Å². The van der Waals surface area contributed by atoms with Crippen molar-refractivity contribution in [2.75, 3.05) is 12.3 Å². The topological polar surface area (TPSA) is 48.1 Å². The summed E-state index contributed by atoms with van der Waals surface area (Å²) in [5.41, 5.74) is 5.92. The van der Waals surface area contributed by atoms with Crippen LogP contribution in [0.5, 0.6) is 5.88 Å². The Kier molecular flexibility index (Phi) is 2.02. The van der Waals surface area contributed by atoms with E-state index in [4.69, 9.17) is 10.5 Å². The highest BCUT2D eigenvalue weighted by Gasteiger charge is 2.57. The number of hydrogen-bond donors (Lipinski definition) is 1. The Hall–Kier alpha value is -1.39. The molecule has 0 saturated heterocycles. The van der Waals surface area contributed by atoms with Gasteiger partial charge in [0.1, 0.15) is 0 Å². The lowest BCUT2D eigenvalue weighted by atomic mass is 10.4. The summed E-state index contributed by atoms with van der Waals surface area (Å²) in [5.74, 6) is -2.85. The maximum Gasteiger partial charge on any atom is 0.255 e. The molecule has 0 aliphatic heterocycles. The van der Waals surface area contributed by atoms with Crippen molar-refractivity contribution in [1.29, 1.82) is 0 Å². The zero-order valence-electron chi connectivity index (χ0n) is 7.41. The van der Waals surface area contributed by atoms with Crippen molar-refractivity contribution in [3.8, 4) is 5.88 Å². The zero-order chi connectivity index (χ0) is 10.2. The van der Waals surface area contributed by atoms with Crippen molar-refractivity contribution in [2.24, 2.45) is 5.92 Å². The highest BCUT2D eigenvalue weighted by molar-refractivity contribution is 5.35. The van der Waals surface area contributed by atoms with Crippen LogP contribution in [-0.4, -0.2) is 17.5 Å². The Morgan fingerprint density at radius 1 is 1.57 bits per heavy atom. The van der Waals surface area contributed by atoms with Gasteiger partial charge in [-0.25, -0.2) is 13.8 Å². The number of nitrogens with zero attached hydrogens (tertiary/aromatic N) is 1. The number of halogens is 2. The van der Waals surface area contributed by atoms with Gasteiger partial charge >= 0.3 is 0 Å². The smallest absolute Gasteiger partial charge is 0.255 e. The minimum atomic E-state index is -2.53. The van der Waals surface area contributed by atoms with E-state index in [9.17, 15) is 8.78 Å². The average Bonchev–Trinajstić information content (AvgIpc) is 2.73. The normalized spacial score (nSPS) is 23.1. The second-order valence-electron chi connectivity index (χ2n) is 3.40. The van der Waals surface area contributed by atoms with E-state index in [1.807, 2.05) is 0 Å². The van der Waals surface area contributed by atoms with Gasteiger partial charge in [0.2, 0.25) is 5.88 Å². The third-order valence-corrected chi connectivity index (χ3v) is 2.15. The number of anilines is 1. The molecule has 2 N–H and O–H groups in total. The SMILES string of the molecule is Nc1ccc(OC[C@@H]2CC2(F)F)nc1. The summed E-state index contributed by atoms with van der Waals surface area (Å²) in [7, 11) is 0. The first-order valence-electron chi connectivity index (χ1n) is 4.30. The fourth-order valence-electron chi connectivity index (χ4n) is 1.11. The Morgan fingerprint density at radius 2 is 2.29 bits per heavy atom. The van der Waals surface area contributed by atoms with E-state index in [0.29, 0.717) is 11.6 Å². The van der Waals surface area contributed by atoms with Crippen molar-refractivity contribution in [2.45, 2.75) is 12.3 Å². The molecule has 0 aromatic carbocycles.